The summed E-state index contributed by atoms with van der Waals surface area (Å²) in [5, 5.41) is 13.0. The number of hydrogen-bond donors (Lipinski definition) is 1. The van der Waals surface area contributed by atoms with Gasteiger partial charge in [-0.2, -0.15) is 0 Å². The molecule has 0 unspecified atom stereocenters. The second kappa shape index (κ2) is 3.59. The SMILES string of the molecule is Cc1onc(-c2cccnc2)c1CO. The van der Waals surface area contributed by atoms with Gasteiger partial charge in [0.1, 0.15) is 11.5 Å². The molecule has 0 aliphatic rings. The van der Waals surface area contributed by atoms with Crippen LogP contribution in [-0.4, -0.2) is 15.2 Å². The number of aliphatic hydroxyl groups is 1. The highest BCUT2D eigenvalue weighted by Crippen LogP contribution is 2.23. The van der Waals surface area contributed by atoms with Gasteiger partial charge in [-0.3, -0.25) is 4.98 Å². The fraction of sp³-hybridized carbons (Fsp3) is 0.200. The van der Waals surface area contributed by atoms with Crippen molar-refractivity contribution in [3.05, 3.63) is 35.9 Å². The van der Waals surface area contributed by atoms with Crippen LogP contribution < -0.4 is 0 Å². The molecule has 0 atom stereocenters. The molecule has 1 N–H and O–H groups in total. The van der Waals surface area contributed by atoms with Crippen LogP contribution in [0.3, 0.4) is 0 Å². The van der Waals surface area contributed by atoms with Gasteiger partial charge < -0.3 is 9.63 Å². The van der Waals surface area contributed by atoms with Crippen molar-refractivity contribution in [3.63, 3.8) is 0 Å². The zero-order valence-electron chi connectivity index (χ0n) is 7.77. The molecule has 4 heteroatoms. The van der Waals surface area contributed by atoms with E-state index in [0.717, 1.165) is 11.1 Å². The molecule has 0 fully saturated rings. The molecule has 0 spiro atoms. The summed E-state index contributed by atoms with van der Waals surface area (Å²) in [5.41, 5.74) is 2.24. The topological polar surface area (TPSA) is 59.2 Å². The molecule has 2 rings (SSSR count). The highest BCUT2D eigenvalue weighted by molar-refractivity contribution is 5.61. The molecule has 2 aromatic heterocycles. The predicted octanol–water partition coefficient (Wildman–Crippen LogP) is 1.54. The number of hydrogen-bond acceptors (Lipinski definition) is 4. The van der Waals surface area contributed by atoms with E-state index in [1.165, 1.54) is 0 Å². The van der Waals surface area contributed by atoms with E-state index in [4.69, 9.17) is 9.63 Å². The minimum Gasteiger partial charge on any atom is -0.391 e. The van der Waals surface area contributed by atoms with E-state index >= 15 is 0 Å². The lowest BCUT2D eigenvalue weighted by Crippen LogP contribution is -1.88. The maximum Gasteiger partial charge on any atom is 0.139 e. The van der Waals surface area contributed by atoms with E-state index in [2.05, 4.69) is 10.1 Å². The maximum absolute atomic E-state index is 9.13. The fourth-order valence-electron chi connectivity index (χ4n) is 1.31. The molecule has 0 aromatic carbocycles. The Morgan fingerprint density at radius 3 is 3.00 bits per heavy atom. The zero-order valence-corrected chi connectivity index (χ0v) is 7.77. The number of aromatic nitrogens is 2. The van der Waals surface area contributed by atoms with Crippen LogP contribution in [0.5, 0.6) is 0 Å². The monoisotopic (exact) mass is 190 g/mol. The molecule has 0 radical (unpaired) electrons. The second-order valence-corrected chi connectivity index (χ2v) is 2.97. The van der Waals surface area contributed by atoms with Crippen molar-refractivity contribution < 1.29 is 9.63 Å². The lowest BCUT2D eigenvalue weighted by atomic mass is 10.1. The number of aliphatic hydroxyl groups excluding tert-OH is 1. The van der Waals surface area contributed by atoms with Crippen LogP contribution in [0.25, 0.3) is 11.3 Å². The lowest BCUT2D eigenvalue weighted by Gasteiger charge is -1.97. The van der Waals surface area contributed by atoms with Crippen LogP contribution >= 0.6 is 0 Å². The van der Waals surface area contributed by atoms with Gasteiger partial charge in [0, 0.05) is 23.5 Å². The van der Waals surface area contributed by atoms with Crippen molar-refractivity contribution in [2.24, 2.45) is 0 Å². The summed E-state index contributed by atoms with van der Waals surface area (Å²) in [6.45, 7) is 1.71. The molecule has 14 heavy (non-hydrogen) atoms. The van der Waals surface area contributed by atoms with Gasteiger partial charge in [-0.05, 0) is 19.1 Å². The Balaban J connectivity index is 2.52. The third-order valence-corrected chi connectivity index (χ3v) is 2.08. The number of pyridine rings is 1. The van der Waals surface area contributed by atoms with Crippen LogP contribution in [0.2, 0.25) is 0 Å². The highest BCUT2D eigenvalue weighted by Gasteiger charge is 2.12. The smallest absolute Gasteiger partial charge is 0.139 e. The molecular formula is C10H10N2O2. The number of aryl methyl sites for hydroxylation is 1. The molecule has 72 valence electrons. The summed E-state index contributed by atoms with van der Waals surface area (Å²) < 4.78 is 5.00. The minimum absolute atomic E-state index is 0.0699. The number of rotatable bonds is 2. The Morgan fingerprint density at radius 2 is 2.36 bits per heavy atom. The number of nitrogens with zero attached hydrogens (tertiary/aromatic N) is 2. The second-order valence-electron chi connectivity index (χ2n) is 2.97. The lowest BCUT2D eigenvalue weighted by molar-refractivity contribution is 0.278. The zero-order chi connectivity index (χ0) is 9.97. The van der Waals surface area contributed by atoms with Gasteiger partial charge in [-0.15, -0.1) is 0 Å². The Hall–Kier alpha value is -1.68. The first-order valence-corrected chi connectivity index (χ1v) is 4.29. The Morgan fingerprint density at radius 1 is 1.50 bits per heavy atom. The van der Waals surface area contributed by atoms with Crippen molar-refractivity contribution in [3.8, 4) is 11.3 Å². The van der Waals surface area contributed by atoms with E-state index in [1.54, 1.807) is 19.3 Å². The van der Waals surface area contributed by atoms with Gasteiger partial charge in [-0.25, -0.2) is 0 Å². The predicted molar refractivity (Wildman–Crippen MR) is 50.4 cm³/mol. The molecule has 0 saturated heterocycles. The molecule has 2 heterocycles. The largest absolute Gasteiger partial charge is 0.391 e. The van der Waals surface area contributed by atoms with Crippen molar-refractivity contribution in [2.45, 2.75) is 13.5 Å². The average Bonchev–Trinajstić information content (AvgIpc) is 2.61. The molecular weight excluding hydrogens is 180 g/mol. The molecule has 4 nitrogen and oxygen atoms in total. The first-order valence-electron chi connectivity index (χ1n) is 4.29. The Kier molecular flexibility index (Phi) is 2.28. The van der Waals surface area contributed by atoms with Gasteiger partial charge in [0.2, 0.25) is 0 Å². The van der Waals surface area contributed by atoms with Gasteiger partial charge in [-0.1, -0.05) is 5.16 Å². The summed E-state index contributed by atoms with van der Waals surface area (Å²) in [6, 6.07) is 3.70. The van der Waals surface area contributed by atoms with Gasteiger partial charge in [0.15, 0.2) is 0 Å². The maximum atomic E-state index is 9.13. The molecule has 0 amide bonds. The van der Waals surface area contributed by atoms with E-state index < -0.39 is 0 Å². The third-order valence-electron chi connectivity index (χ3n) is 2.08. The van der Waals surface area contributed by atoms with Gasteiger partial charge in [0.25, 0.3) is 0 Å². The first-order chi connectivity index (χ1) is 6.83. The minimum atomic E-state index is -0.0699. The summed E-state index contributed by atoms with van der Waals surface area (Å²) in [4.78, 5) is 3.98. The van der Waals surface area contributed by atoms with Crippen molar-refractivity contribution in [2.75, 3.05) is 0 Å². The van der Waals surface area contributed by atoms with E-state index in [-0.39, 0.29) is 6.61 Å². The normalized spacial score (nSPS) is 10.4. The third kappa shape index (κ3) is 1.40. The molecule has 2 aromatic rings. The van der Waals surface area contributed by atoms with E-state index in [9.17, 15) is 0 Å². The Bertz CT molecular complexity index is 423. The standard InChI is InChI=1S/C10H10N2O2/c1-7-9(6-13)10(12-14-7)8-3-2-4-11-5-8/h2-5,13H,6H2,1H3. The van der Waals surface area contributed by atoms with Gasteiger partial charge in [0.05, 0.1) is 6.61 Å². The van der Waals surface area contributed by atoms with Crippen LogP contribution in [0.1, 0.15) is 11.3 Å². The van der Waals surface area contributed by atoms with Crippen LogP contribution in [-0.2, 0) is 6.61 Å². The van der Waals surface area contributed by atoms with Crippen LogP contribution in [0.4, 0.5) is 0 Å². The summed E-state index contributed by atoms with van der Waals surface area (Å²) in [7, 11) is 0. The fourth-order valence-corrected chi connectivity index (χ4v) is 1.31. The highest BCUT2D eigenvalue weighted by atomic mass is 16.5. The van der Waals surface area contributed by atoms with Gasteiger partial charge >= 0.3 is 0 Å². The van der Waals surface area contributed by atoms with Crippen molar-refractivity contribution in [1.82, 2.24) is 10.1 Å². The van der Waals surface area contributed by atoms with E-state index in [1.807, 2.05) is 12.1 Å². The Labute approximate surface area is 81.2 Å². The quantitative estimate of drug-likeness (QED) is 0.780. The van der Waals surface area contributed by atoms with Crippen LogP contribution in [0, 0.1) is 6.92 Å². The molecule has 0 saturated carbocycles. The van der Waals surface area contributed by atoms with Crippen molar-refractivity contribution >= 4 is 0 Å². The molecule has 0 bridgehead atoms. The van der Waals surface area contributed by atoms with Crippen molar-refractivity contribution in [1.29, 1.82) is 0 Å². The summed E-state index contributed by atoms with van der Waals surface area (Å²) in [5.74, 6) is 0.645. The summed E-state index contributed by atoms with van der Waals surface area (Å²) >= 11 is 0. The molecule has 0 aliphatic heterocycles. The van der Waals surface area contributed by atoms with E-state index in [0.29, 0.717) is 11.5 Å². The molecule has 0 aliphatic carbocycles. The summed E-state index contributed by atoms with van der Waals surface area (Å²) in [6.07, 6.45) is 3.38. The average molecular weight is 190 g/mol. The van der Waals surface area contributed by atoms with Crippen LogP contribution in [0.15, 0.2) is 29.0 Å². The first kappa shape index (κ1) is 8.90.